The molecule has 0 aliphatic carbocycles. The molecule has 2 fully saturated rings. The van der Waals surface area contributed by atoms with Gasteiger partial charge >= 0.3 is 8.80 Å². The summed E-state index contributed by atoms with van der Waals surface area (Å²) in [5, 5.41) is 24.6. The van der Waals surface area contributed by atoms with E-state index in [9.17, 15) is 20.0 Å². The van der Waals surface area contributed by atoms with E-state index in [1.165, 1.54) is 23.8 Å². The largest absolute Gasteiger partial charge is 0.507 e. The molecule has 0 spiro atoms. The molecule has 2 bridgehead atoms. The molecule has 0 radical (unpaired) electrons. The van der Waals surface area contributed by atoms with E-state index < -0.39 is 13.7 Å². The van der Waals surface area contributed by atoms with Crippen molar-refractivity contribution in [2.75, 3.05) is 18.0 Å². The molecule has 2 aromatic rings. The highest BCUT2D eigenvalue weighted by Gasteiger charge is 2.60. The van der Waals surface area contributed by atoms with Crippen molar-refractivity contribution >= 4 is 32.2 Å². The molecule has 0 aromatic heterocycles. The van der Waals surface area contributed by atoms with Gasteiger partial charge in [-0.25, -0.2) is 0 Å². The minimum atomic E-state index is -2.59. The molecule has 3 atom stereocenters. The first kappa shape index (κ1) is 29.2. The number of fused-ring (bicyclic) bond motifs is 3. The van der Waals surface area contributed by atoms with Crippen molar-refractivity contribution in [3.63, 3.8) is 0 Å². The lowest BCUT2D eigenvalue weighted by molar-refractivity contribution is -0.384. The molecule has 41 heavy (non-hydrogen) atoms. The van der Waals surface area contributed by atoms with E-state index in [4.69, 9.17) is 13.3 Å². The zero-order chi connectivity index (χ0) is 29.4. The Morgan fingerprint density at radius 2 is 1.88 bits per heavy atom. The highest BCUT2D eigenvalue weighted by atomic mass is 28.4. The number of phenols is 1. The van der Waals surface area contributed by atoms with E-state index in [0.29, 0.717) is 37.5 Å². The predicted octanol–water partition coefficient (Wildman–Crippen LogP) is 4.93. The Bertz CT molecular complexity index is 1320. The number of nitro benzene ring substituents is 1. The molecule has 0 saturated carbocycles. The average Bonchev–Trinajstić information content (AvgIpc) is 3.50. The van der Waals surface area contributed by atoms with Crippen molar-refractivity contribution in [2.45, 2.75) is 82.8 Å². The number of hydrogen-bond acceptors (Lipinski definition) is 8. The SMILES string of the molecule is CC1O[Si]2(CCCNC(=O)CCCN3c4ccccc4C(C)(C)C3C=Cc3cc([N+](=O)[O-])ccc3O)OC(C)C1O2. The first-order chi connectivity index (χ1) is 19.5. The van der Waals surface area contributed by atoms with Crippen LogP contribution in [0.4, 0.5) is 11.4 Å². The number of nitrogens with zero attached hydrogens (tertiary/aromatic N) is 2. The van der Waals surface area contributed by atoms with Crippen LogP contribution in [-0.4, -0.2) is 62.2 Å². The quantitative estimate of drug-likeness (QED) is 0.166. The number of carbonyl (C=O) groups is 1. The van der Waals surface area contributed by atoms with Crippen LogP contribution in [0.3, 0.4) is 0 Å². The van der Waals surface area contributed by atoms with Crippen molar-refractivity contribution in [3.8, 4) is 5.75 Å². The standard InChI is InChI=1S/C30H39N3O7Si/c1-20-29-21(2)39-41(38-20,40-29)18-8-16-31-28(35)11-7-17-32-25-10-6-5-9-24(25)30(3,4)27(32)15-12-22-19-23(33(36)37)13-14-26(22)34/h5-6,9-10,12-15,19-21,27,29,34H,7-8,11,16-18H2,1-4H3,(H,31,35). The van der Waals surface area contributed by atoms with Crippen LogP contribution in [0.25, 0.3) is 6.08 Å². The number of non-ortho nitro benzene ring substituents is 1. The second-order valence-electron chi connectivity index (χ2n) is 11.7. The first-order valence-electron chi connectivity index (χ1n) is 14.3. The minimum absolute atomic E-state index is 0.00438. The fraction of sp³-hybridized carbons (Fsp3) is 0.500. The summed E-state index contributed by atoms with van der Waals surface area (Å²) in [7, 11) is -2.59. The normalized spacial score (nSPS) is 27.9. The summed E-state index contributed by atoms with van der Waals surface area (Å²) in [6.45, 7) is 9.59. The average molecular weight is 582 g/mol. The van der Waals surface area contributed by atoms with E-state index in [1.807, 2.05) is 32.1 Å². The van der Waals surface area contributed by atoms with Crippen LogP contribution in [0.15, 0.2) is 48.5 Å². The van der Waals surface area contributed by atoms with Gasteiger partial charge in [-0.15, -0.1) is 0 Å². The fourth-order valence-corrected chi connectivity index (χ4v) is 9.66. The number of rotatable bonds is 11. The van der Waals surface area contributed by atoms with Gasteiger partial charge in [0.15, 0.2) is 0 Å². The summed E-state index contributed by atoms with van der Waals surface area (Å²) in [5.41, 5.74) is 2.37. The lowest BCUT2D eigenvalue weighted by atomic mass is 9.80. The van der Waals surface area contributed by atoms with E-state index in [1.54, 1.807) is 6.08 Å². The van der Waals surface area contributed by atoms with Crippen LogP contribution in [0, 0.1) is 10.1 Å². The molecule has 2 N–H and O–H groups in total. The van der Waals surface area contributed by atoms with Crippen LogP contribution in [-0.2, 0) is 23.5 Å². The van der Waals surface area contributed by atoms with Crippen LogP contribution < -0.4 is 10.2 Å². The number of carbonyl (C=O) groups excluding carboxylic acids is 1. The van der Waals surface area contributed by atoms with Crippen LogP contribution >= 0.6 is 0 Å². The van der Waals surface area contributed by atoms with Gasteiger partial charge in [-0.3, -0.25) is 14.9 Å². The number of nitrogens with one attached hydrogen (secondary N) is 1. The van der Waals surface area contributed by atoms with E-state index in [0.717, 1.165) is 12.1 Å². The van der Waals surface area contributed by atoms with E-state index in [-0.39, 0.29) is 47.1 Å². The monoisotopic (exact) mass is 581 g/mol. The Balaban J connectivity index is 1.18. The van der Waals surface area contributed by atoms with Gasteiger partial charge in [0.1, 0.15) is 5.75 Å². The third kappa shape index (κ3) is 5.90. The third-order valence-corrected chi connectivity index (χ3v) is 11.5. The molecule has 3 heterocycles. The molecule has 220 valence electrons. The van der Waals surface area contributed by atoms with Gasteiger partial charge in [-0.05, 0) is 44.4 Å². The number of nitro groups is 1. The van der Waals surface area contributed by atoms with E-state index in [2.05, 4.69) is 36.2 Å². The summed E-state index contributed by atoms with van der Waals surface area (Å²) in [6.07, 6.45) is 5.69. The van der Waals surface area contributed by atoms with Crippen molar-refractivity contribution in [1.82, 2.24) is 5.32 Å². The number of phenolic OH excluding ortho intramolecular Hbond substituents is 1. The first-order valence-corrected chi connectivity index (χ1v) is 16.3. The van der Waals surface area contributed by atoms with Gasteiger partial charge in [0, 0.05) is 54.4 Å². The Morgan fingerprint density at radius 1 is 1.15 bits per heavy atom. The molecule has 1 amide bonds. The van der Waals surface area contributed by atoms with Crippen LogP contribution in [0.5, 0.6) is 5.75 Å². The highest BCUT2D eigenvalue weighted by Crippen LogP contribution is 2.46. The molecular formula is C30H39N3O7Si. The van der Waals surface area contributed by atoms with Crippen molar-refractivity contribution in [2.24, 2.45) is 0 Å². The van der Waals surface area contributed by atoms with Crippen LogP contribution in [0.2, 0.25) is 6.04 Å². The number of hydrogen-bond donors (Lipinski definition) is 2. The van der Waals surface area contributed by atoms with Crippen molar-refractivity contribution < 1.29 is 28.1 Å². The topological polar surface area (TPSA) is 123 Å². The fourth-order valence-electron chi connectivity index (χ4n) is 6.33. The summed E-state index contributed by atoms with van der Waals surface area (Å²) in [5.74, 6) is -0.00947. The molecular weight excluding hydrogens is 542 g/mol. The van der Waals surface area contributed by atoms with Gasteiger partial charge in [0.05, 0.1) is 29.3 Å². The Labute approximate surface area is 241 Å². The molecule has 5 rings (SSSR count). The lowest BCUT2D eigenvalue weighted by Crippen LogP contribution is -2.44. The Kier molecular flexibility index (Phi) is 8.24. The van der Waals surface area contributed by atoms with Gasteiger partial charge in [0.25, 0.3) is 5.69 Å². The zero-order valence-corrected chi connectivity index (χ0v) is 25.0. The van der Waals surface area contributed by atoms with E-state index >= 15 is 0 Å². The molecule has 3 aliphatic rings. The minimum Gasteiger partial charge on any atom is -0.507 e. The van der Waals surface area contributed by atoms with Crippen molar-refractivity contribution in [1.29, 1.82) is 0 Å². The Morgan fingerprint density at radius 3 is 2.59 bits per heavy atom. The predicted molar refractivity (Wildman–Crippen MR) is 158 cm³/mol. The summed E-state index contributed by atoms with van der Waals surface area (Å²) in [4.78, 5) is 25.7. The van der Waals surface area contributed by atoms with Crippen LogP contribution in [0.1, 0.15) is 58.1 Å². The maximum Gasteiger partial charge on any atom is 0.502 e. The second kappa shape index (κ2) is 11.6. The third-order valence-electron chi connectivity index (χ3n) is 8.42. The Hall–Kier alpha value is -3.25. The maximum absolute atomic E-state index is 12.7. The zero-order valence-electron chi connectivity index (χ0n) is 24.0. The number of aromatic hydroxyl groups is 1. The molecule has 11 heteroatoms. The van der Waals surface area contributed by atoms with Gasteiger partial charge in [-0.1, -0.05) is 44.2 Å². The molecule has 2 aromatic carbocycles. The summed E-state index contributed by atoms with van der Waals surface area (Å²) >= 11 is 0. The number of benzene rings is 2. The maximum atomic E-state index is 12.7. The second-order valence-corrected chi connectivity index (χ2v) is 14.3. The van der Waals surface area contributed by atoms with Gasteiger partial charge in [0.2, 0.25) is 5.91 Å². The summed E-state index contributed by atoms with van der Waals surface area (Å²) < 4.78 is 18.1. The smallest absolute Gasteiger partial charge is 0.502 e. The lowest BCUT2D eigenvalue weighted by Gasteiger charge is -2.32. The number of amides is 1. The number of para-hydroxylation sites is 1. The molecule has 3 unspecified atom stereocenters. The highest BCUT2D eigenvalue weighted by molar-refractivity contribution is 6.62. The van der Waals surface area contributed by atoms with Gasteiger partial charge < -0.3 is 28.6 Å². The molecule has 2 saturated heterocycles. The summed E-state index contributed by atoms with van der Waals surface area (Å²) in [6, 6.07) is 12.9. The molecule has 10 nitrogen and oxygen atoms in total. The van der Waals surface area contributed by atoms with Crippen molar-refractivity contribution in [3.05, 3.63) is 69.8 Å². The van der Waals surface area contributed by atoms with Gasteiger partial charge in [-0.2, -0.15) is 0 Å². The molecule has 3 aliphatic heterocycles. The number of anilines is 1.